The molecule has 4 nitrogen and oxygen atoms in total. The number of rotatable bonds is 3. The van der Waals surface area contributed by atoms with Gasteiger partial charge in [0, 0.05) is 6.54 Å². The monoisotopic (exact) mass is 272 g/mol. The molecule has 1 aromatic carbocycles. The van der Waals surface area contributed by atoms with E-state index in [1.807, 2.05) is 37.3 Å². The van der Waals surface area contributed by atoms with E-state index in [2.05, 4.69) is 5.32 Å². The molecule has 1 saturated carbocycles. The van der Waals surface area contributed by atoms with Crippen LogP contribution in [0.5, 0.6) is 0 Å². The van der Waals surface area contributed by atoms with Crippen molar-refractivity contribution in [3.8, 4) is 0 Å². The molecule has 1 heterocycles. The Kier molecular flexibility index (Phi) is 3.24. The van der Waals surface area contributed by atoms with E-state index in [9.17, 15) is 9.59 Å². The highest BCUT2D eigenvalue weighted by Crippen LogP contribution is 2.35. The lowest BCUT2D eigenvalue weighted by molar-refractivity contribution is -0.154. The van der Waals surface area contributed by atoms with Crippen LogP contribution in [0.15, 0.2) is 30.3 Å². The summed E-state index contributed by atoms with van der Waals surface area (Å²) in [7, 11) is 0. The van der Waals surface area contributed by atoms with E-state index >= 15 is 0 Å². The van der Waals surface area contributed by atoms with Crippen LogP contribution in [0.2, 0.25) is 0 Å². The second kappa shape index (κ2) is 4.93. The summed E-state index contributed by atoms with van der Waals surface area (Å²) in [5.41, 5.74) is -0.00324. The first-order valence-electron chi connectivity index (χ1n) is 7.26. The summed E-state index contributed by atoms with van der Waals surface area (Å²) in [5, 5.41) is 2.73. The van der Waals surface area contributed by atoms with Crippen molar-refractivity contribution in [3.05, 3.63) is 35.9 Å². The van der Waals surface area contributed by atoms with Crippen molar-refractivity contribution in [2.75, 3.05) is 13.1 Å². The zero-order chi connectivity index (χ0) is 14.2. The minimum Gasteiger partial charge on any atom is -0.345 e. The number of hydrogen-bond donors (Lipinski definition) is 1. The number of carbonyl (C=O) groups excluding carboxylic acids is 2. The van der Waals surface area contributed by atoms with Gasteiger partial charge in [-0.2, -0.15) is 0 Å². The van der Waals surface area contributed by atoms with Crippen molar-refractivity contribution in [3.63, 3.8) is 0 Å². The molecule has 0 bridgehead atoms. The standard InChI is InChI=1S/C16H20N2O2/c1-16(13-8-3-2-4-9-13)15(20)17-10-14(19)18(16)11-12-6-5-7-12/h2-4,8-9,12H,5-7,10-11H2,1H3,(H,17,20). The molecule has 1 atom stereocenters. The molecule has 0 aromatic heterocycles. The zero-order valence-corrected chi connectivity index (χ0v) is 11.8. The van der Waals surface area contributed by atoms with Gasteiger partial charge >= 0.3 is 0 Å². The number of carbonyl (C=O) groups is 2. The quantitative estimate of drug-likeness (QED) is 0.909. The van der Waals surface area contributed by atoms with Gasteiger partial charge in [0.05, 0.1) is 6.54 Å². The fourth-order valence-corrected chi connectivity index (χ4v) is 3.06. The van der Waals surface area contributed by atoms with Crippen molar-refractivity contribution < 1.29 is 9.59 Å². The molecule has 0 spiro atoms. The van der Waals surface area contributed by atoms with Gasteiger partial charge < -0.3 is 10.2 Å². The molecule has 1 unspecified atom stereocenters. The Balaban J connectivity index is 1.97. The Morgan fingerprint density at radius 3 is 2.55 bits per heavy atom. The average molecular weight is 272 g/mol. The molecule has 1 aliphatic carbocycles. The van der Waals surface area contributed by atoms with Crippen LogP contribution in [0.25, 0.3) is 0 Å². The third-order valence-corrected chi connectivity index (χ3v) is 4.68. The molecule has 2 amide bonds. The number of nitrogens with one attached hydrogen (secondary N) is 1. The van der Waals surface area contributed by atoms with Crippen molar-refractivity contribution >= 4 is 11.8 Å². The van der Waals surface area contributed by atoms with Gasteiger partial charge in [0.15, 0.2) is 0 Å². The SMILES string of the molecule is CC1(c2ccccc2)C(=O)NCC(=O)N1CC1CCC1. The van der Waals surface area contributed by atoms with Gasteiger partial charge in [0.2, 0.25) is 5.91 Å². The van der Waals surface area contributed by atoms with Crippen LogP contribution < -0.4 is 5.32 Å². The van der Waals surface area contributed by atoms with Crippen LogP contribution in [-0.2, 0) is 15.1 Å². The molecule has 0 radical (unpaired) electrons. The van der Waals surface area contributed by atoms with Crippen LogP contribution in [-0.4, -0.2) is 29.8 Å². The topological polar surface area (TPSA) is 49.4 Å². The second-order valence-corrected chi connectivity index (χ2v) is 5.92. The minimum atomic E-state index is -0.883. The molecular formula is C16H20N2O2. The molecule has 1 aliphatic heterocycles. The van der Waals surface area contributed by atoms with Gasteiger partial charge in [0.25, 0.3) is 5.91 Å². The maximum atomic E-state index is 12.5. The van der Waals surface area contributed by atoms with Gasteiger partial charge in [-0.1, -0.05) is 36.8 Å². The molecule has 106 valence electrons. The number of nitrogens with zero attached hydrogens (tertiary/aromatic N) is 1. The van der Waals surface area contributed by atoms with Crippen molar-refractivity contribution in [1.82, 2.24) is 10.2 Å². The number of piperazine rings is 1. The van der Waals surface area contributed by atoms with Crippen LogP contribution in [0.4, 0.5) is 0 Å². The highest BCUT2D eigenvalue weighted by molar-refractivity contribution is 5.98. The highest BCUT2D eigenvalue weighted by atomic mass is 16.2. The van der Waals surface area contributed by atoms with Crippen LogP contribution in [0, 0.1) is 5.92 Å². The lowest BCUT2D eigenvalue weighted by Gasteiger charge is -2.46. The van der Waals surface area contributed by atoms with E-state index in [-0.39, 0.29) is 18.4 Å². The van der Waals surface area contributed by atoms with Gasteiger partial charge in [-0.3, -0.25) is 9.59 Å². The van der Waals surface area contributed by atoms with E-state index in [1.165, 1.54) is 6.42 Å². The van der Waals surface area contributed by atoms with E-state index in [0.29, 0.717) is 12.5 Å². The van der Waals surface area contributed by atoms with Crippen molar-refractivity contribution in [1.29, 1.82) is 0 Å². The molecule has 2 fully saturated rings. The molecule has 3 rings (SSSR count). The molecule has 4 heteroatoms. The Labute approximate surface area is 119 Å². The third kappa shape index (κ3) is 1.99. The van der Waals surface area contributed by atoms with Gasteiger partial charge in [-0.05, 0) is 31.2 Å². The van der Waals surface area contributed by atoms with Crippen molar-refractivity contribution in [2.45, 2.75) is 31.7 Å². The van der Waals surface area contributed by atoms with E-state index in [1.54, 1.807) is 4.90 Å². The molecular weight excluding hydrogens is 252 g/mol. The second-order valence-electron chi connectivity index (χ2n) is 5.92. The summed E-state index contributed by atoms with van der Waals surface area (Å²) >= 11 is 0. The highest BCUT2D eigenvalue weighted by Gasteiger charge is 2.47. The summed E-state index contributed by atoms with van der Waals surface area (Å²) in [6.45, 7) is 2.67. The van der Waals surface area contributed by atoms with Crippen molar-refractivity contribution in [2.24, 2.45) is 5.92 Å². The summed E-state index contributed by atoms with van der Waals surface area (Å²) in [6.07, 6.45) is 3.56. The summed E-state index contributed by atoms with van der Waals surface area (Å²) in [6, 6.07) is 9.59. The predicted molar refractivity (Wildman–Crippen MR) is 75.9 cm³/mol. The van der Waals surface area contributed by atoms with Gasteiger partial charge in [-0.15, -0.1) is 0 Å². The Morgan fingerprint density at radius 1 is 1.25 bits per heavy atom. The molecule has 2 aliphatic rings. The maximum Gasteiger partial charge on any atom is 0.250 e. The predicted octanol–water partition coefficient (Wildman–Crippen LogP) is 1.66. The number of amides is 2. The lowest BCUT2D eigenvalue weighted by atomic mass is 9.81. The Hall–Kier alpha value is -1.84. The molecule has 20 heavy (non-hydrogen) atoms. The van der Waals surface area contributed by atoms with Crippen LogP contribution in [0.1, 0.15) is 31.7 Å². The molecule has 1 aromatic rings. The van der Waals surface area contributed by atoms with E-state index < -0.39 is 5.54 Å². The number of hydrogen-bond acceptors (Lipinski definition) is 2. The summed E-state index contributed by atoms with van der Waals surface area (Å²) < 4.78 is 0. The van der Waals surface area contributed by atoms with Crippen LogP contribution in [0.3, 0.4) is 0 Å². The number of benzene rings is 1. The first kappa shape index (κ1) is 13.2. The summed E-state index contributed by atoms with van der Waals surface area (Å²) in [4.78, 5) is 26.6. The largest absolute Gasteiger partial charge is 0.345 e. The zero-order valence-electron chi connectivity index (χ0n) is 11.8. The first-order chi connectivity index (χ1) is 9.62. The maximum absolute atomic E-state index is 12.5. The average Bonchev–Trinajstić information content (AvgIpc) is 2.42. The normalized spacial score (nSPS) is 27.1. The van der Waals surface area contributed by atoms with Gasteiger partial charge in [0.1, 0.15) is 5.54 Å². The fourth-order valence-electron chi connectivity index (χ4n) is 3.06. The summed E-state index contributed by atoms with van der Waals surface area (Å²) in [5.74, 6) is 0.485. The third-order valence-electron chi connectivity index (χ3n) is 4.68. The van der Waals surface area contributed by atoms with E-state index in [0.717, 1.165) is 18.4 Å². The minimum absolute atomic E-state index is 0.0165. The molecule has 1 N–H and O–H groups in total. The molecule has 1 saturated heterocycles. The first-order valence-corrected chi connectivity index (χ1v) is 7.26. The van der Waals surface area contributed by atoms with E-state index in [4.69, 9.17) is 0 Å². The Bertz CT molecular complexity index is 525. The lowest BCUT2D eigenvalue weighted by Crippen LogP contribution is -2.64. The Morgan fingerprint density at radius 2 is 1.95 bits per heavy atom. The smallest absolute Gasteiger partial charge is 0.250 e. The van der Waals surface area contributed by atoms with Crippen LogP contribution >= 0.6 is 0 Å². The van der Waals surface area contributed by atoms with Gasteiger partial charge in [-0.25, -0.2) is 0 Å². The fraction of sp³-hybridized carbons (Fsp3) is 0.500.